The van der Waals surface area contributed by atoms with Gasteiger partial charge < -0.3 is 10.0 Å². The molecule has 0 amide bonds. The van der Waals surface area contributed by atoms with Gasteiger partial charge in [0, 0.05) is 6.20 Å². The van der Waals surface area contributed by atoms with Crippen LogP contribution in [0.4, 0.5) is 13.2 Å². The molecule has 0 radical (unpaired) electrons. The van der Waals surface area contributed by atoms with Crippen molar-refractivity contribution in [3.63, 3.8) is 0 Å². The van der Waals surface area contributed by atoms with E-state index in [0.29, 0.717) is 5.56 Å². The zero-order valence-electron chi connectivity index (χ0n) is 9.67. The van der Waals surface area contributed by atoms with E-state index in [4.69, 9.17) is 10.0 Å². The van der Waals surface area contributed by atoms with Gasteiger partial charge in [-0.05, 0) is 23.8 Å². The topological polar surface area (TPSA) is 58.3 Å². The van der Waals surface area contributed by atoms with Gasteiger partial charge in [0.2, 0.25) is 0 Å². The minimum Gasteiger partial charge on any atom is -0.422 e. The monoisotopic (exact) mass is 270 g/mol. The van der Waals surface area contributed by atoms with Gasteiger partial charge in [0.1, 0.15) is 0 Å². The molecule has 0 aliphatic rings. The molecular weight excluding hydrogens is 260 g/mol. The maximum atomic E-state index is 12.5. The largest absolute Gasteiger partial charge is 0.510 e. The molecule has 1 aromatic carbocycles. The molecule has 1 heterocycles. The molecule has 2 rings (SSSR count). The lowest BCUT2D eigenvalue weighted by Gasteiger charge is -2.08. The van der Waals surface area contributed by atoms with E-state index in [2.05, 4.69) is 5.10 Å². The summed E-state index contributed by atoms with van der Waals surface area (Å²) in [6, 6.07) is 6.29. The van der Waals surface area contributed by atoms with Crippen molar-refractivity contribution in [3.05, 3.63) is 47.7 Å². The van der Waals surface area contributed by atoms with Crippen LogP contribution < -0.4 is 5.59 Å². The summed E-state index contributed by atoms with van der Waals surface area (Å²) in [7, 11) is -1.69. The molecule has 100 valence electrons. The summed E-state index contributed by atoms with van der Waals surface area (Å²) in [4.78, 5) is 0. The molecule has 0 saturated heterocycles. The minimum absolute atomic E-state index is 0.0481. The number of alkyl halides is 3. The van der Waals surface area contributed by atoms with Crippen molar-refractivity contribution in [3.8, 4) is 0 Å². The summed E-state index contributed by atoms with van der Waals surface area (Å²) >= 11 is 0. The van der Waals surface area contributed by atoms with Crippen LogP contribution >= 0.6 is 0 Å². The number of aromatic nitrogens is 2. The summed E-state index contributed by atoms with van der Waals surface area (Å²) in [5.41, 5.74) is -0.247. The van der Waals surface area contributed by atoms with Crippen molar-refractivity contribution in [1.82, 2.24) is 9.78 Å². The molecular formula is C11H10BF3N2O2. The van der Waals surface area contributed by atoms with Crippen LogP contribution in [-0.4, -0.2) is 26.9 Å². The van der Waals surface area contributed by atoms with Crippen molar-refractivity contribution in [2.45, 2.75) is 12.7 Å². The van der Waals surface area contributed by atoms with E-state index in [0.717, 1.165) is 12.1 Å². The van der Waals surface area contributed by atoms with Crippen LogP contribution in [0.2, 0.25) is 0 Å². The van der Waals surface area contributed by atoms with E-state index >= 15 is 0 Å². The van der Waals surface area contributed by atoms with E-state index in [-0.39, 0.29) is 12.1 Å². The third-order valence-corrected chi connectivity index (χ3v) is 2.52. The van der Waals surface area contributed by atoms with Crippen LogP contribution in [-0.2, 0) is 12.7 Å². The summed E-state index contributed by atoms with van der Waals surface area (Å²) in [6.07, 6.45) is -2.92. The lowest BCUT2D eigenvalue weighted by atomic mass is 9.87. The number of hydrogen-bond donors (Lipinski definition) is 2. The minimum atomic E-state index is -4.38. The Labute approximate surface area is 107 Å². The maximum Gasteiger partial charge on any atom is 0.510 e. The molecule has 2 aromatic rings. The average molecular weight is 270 g/mol. The molecule has 1 aromatic heterocycles. The predicted molar refractivity (Wildman–Crippen MR) is 62.6 cm³/mol. The van der Waals surface area contributed by atoms with Gasteiger partial charge in [0.15, 0.2) is 0 Å². The SMILES string of the molecule is OB(O)c1ccn(Cc2cccc(C(F)(F)F)c2)n1. The van der Waals surface area contributed by atoms with E-state index in [1.54, 1.807) is 6.07 Å². The summed E-state index contributed by atoms with van der Waals surface area (Å²) in [5.74, 6) is 0. The second kappa shape index (κ2) is 5.06. The normalized spacial score (nSPS) is 11.6. The molecule has 0 aliphatic carbocycles. The van der Waals surface area contributed by atoms with Crippen molar-refractivity contribution >= 4 is 12.7 Å². The predicted octanol–water partition coefficient (Wildman–Crippen LogP) is 0.630. The van der Waals surface area contributed by atoms with Gasteiger partial charge in [-0.25, -0.2) is 0 Å². The molecule has 0 fully saturated rings. The van der Waals surface area contributed by atoms with Crippen molar-refractivity contribution < 1.29 is 23.2 Å². The fourth-order valence-electron chi connectivity index (χ4n) is 1.64. The van der Waals surface area contributed by atoms with Crippen LogP contribution in [0.25, 0.3) is 0 Å². The molecule has 19 heavy (non-hydrogen) atoms. The number of rotatable bonds is 3. The van der Waals surface area contributed by atoms with Gasteiger partial charge >= 0.3 is 13.3 Å². The first-order chi connectivity index (χ1) is 8.86. The van der Waals surface area contributed by atoms with Crippen LogP contribution in [0.15, 0.2) is 36.5 Å². The molecule has 0 unspecified atom stereocenters. The van der Waals surface area contributed by atoms with Crippen molar-refractivity contribution in [1.29, 1.82) is 0 Å². The fraction of sp³-hybridized carbons (Fsp3) is 0.182. The van der Waals surface area contributed by atoms with Crippen LogP contribution in [0, 0.1) is 0 Å². The molecule has 2 N–H and O–H groups in total. The van der Waals surface area contributed by atoms with Gasteiger partial charge in [-0.1, -0.05) is 12.1 Å². The molecule has 8 heteroatoms. The Morgan fingerprint density at radius 1 is 1.21 bits per heavy atom. The first kappa shape index (κ1) is 13.6. The van der Waals surface area contributed by atoms with Gasteiger partial charge in [-0.2, -0.15) is 18.3 Å². The summed E-state index contributed by atoms with van der Waals surface area (Å²) in [6.45, 7) is 0.122. The zero-order valence-corrected chi connectivity index (χ0v) is 9.67. The second-order valence-electron chi connectivity index (χ2n) is 4.01. The van der Waals surface area contributed by atoms with Crippen molar-refractivity contribution in [2.75, 3.05) is 0 Å². The maximum absolute atomic E-state index is 12.5. The zero-order chi connectivity index (χ0) is 14.0. The number of benzene rings is 1. The Balaban J connectivity index is 2.19. The van der Waals surface area contributed by atoms with Gasteiger partial charge in [-0.3, -0.25) is 4.68 Å². The molecule has 0 atom stereocenters. The van der Waals surface area contributed by atoms with Gasteiger partial charge in [0.05, 0.1) is 17.7 Å². The molecule has 4 nitrogen and oxygen atoms in total. The smallest absolute Gasteiger partial charge is 0.422 e. The Morgan fingerprint density at radius 3 is 2.53 bits per heavy atom. The van der Waals surface area contributed by atoms with Crippen molar-refractivity contribution in [2.24, 2.45) is 0 Å². The Hall–Kier alpha value is -1.80. The first-order valence-corrected chi connectivity index (χ1v) is 5.42. The number of hydrogen-bond acceptors (Lipinski definition) is 3. The first-order valence-electron chi connectivity index (χ1n) is 5.42. The molecule has 0 spiro atoms. The Morgan fingerprint density at radius 2 is 1.95 bits per heavy atom. The van der Waals surface area contributed by atoms with E-state index < -0.39 is 18.9 Å². The van der Waals surface area contributed by atoms with Gasteiger partial charge in [0.25, 0.3) is 0 Å². The highest BCUT2D eigenvalue weighted by atomic mass is 19.4. The molecule has 0 bridgehead atoms. The van der Waals surface area contributed by atoms with Crippen LogP contribution in [0.3, 0.4) is 0 Å². The highest BCUT2D eigenvalue weighted by Gasteiger charge is 2.30. The average Bonchev–Trinajstić information content (AvgIpc) is 2.77. The molecule has 0 saturated carbocycles. The second-order valence-corrected chi connectivity index (χ2v) is 4.01. The lowest BCUT2D eigenvalue weighted by Crippen LogP contribution is -2.31. The van der Waals surface area contributed by atoms with Gasteiger partial charge in [-0.15, -0.1) is 0 Å². The van der Waals surface area contributed by atoms with Crippen LogP contribution in [0.1, 0.15) is 11.1 Å². The number of halogens is 3. The lowest BCUT2D eigenvalue weighted by molar-refractivity contribution is -0.137. The van der Waals surface area contributed by atoms with Crippen LogP contribution in [0.5, 0.6) is 0 Å². The summed E-state index contributed by atoms with van der Waals surface area (Å²) < 4.78 is 38.9. The quantitative estimate of drug-likeness (QED) is 0.804. The van der Waals surface area contributed by atoms with E-state index in [1.807, 2.05) is 0 Å². The fourth-order valence-corrected chi connectivity index (χ4v) is 1.64. The Kier molecular flexibility index (Phi) is 3.63. The highest BCUT2D eigenvalue weighted by molar-refractivity contribution is 6.57. The van der Waals surface area contributed by atoms with E-state index in [9.17, 15) is 13.2 Å². The third kappa shape index (κ3) is 3.36. The standard InChI is InChI=1S/C11H10BF3N2O2/c13-11(14,15)9-3-1-2-8(6-9)7-17-5-4-10(16-17)12(18)19/h1-6,18-19H,7H2. The Bertz CT molecular complexity index is 569. The van der Waals surface area contributed by atoms with E-state index in [1.165, 1.54) is 23.0 Å². The highest BCUT2D eigenvalue weighted by Crippen LogP contribution is 2.29. The molecule has 0 aliphatic heterocycles. The third-order valence-electron chi connectivity index (χ3n) is 2.52. The number of nitrogens with zero attached hydrogens (tertiary/aromatic N) is 2. The summed E-state index contributed by atoms with van der Waals surface area (Å²) in [5, 5.41) is 21.6.